The molecule has 0 atom stereocenters. The van der Waals surface area contributed by atoms with Gasteiger partial charge >= 0.3 is 0 Å². The molecule has 0 aliphatic rings. The third-order valence-electron chi connectivity index (χ3n) is 3.27. The first-order valence-electron chi connectivity index (χ1n) is 7.61. The van der Waals surface area contributed by atoms with Crippen molar-refractivity contribution in [3.8, 4) is 11.5 Å². The molecule has 0 radical (unpaired) electrons. The zero-order valence-corrected chi connectivity index (χ0v) is 13.4. The SMILES string of the molecule is Cc1ccc(OCCOc2ccc(C=Nn3cnnc3)cc2)cc1. The quantitative estimate of drug-likeness (QED) is 0.496. The molecule has 2 aromatic carbocycles. The minimum atomic E-state index is 0.488. The first-order chi connectivity index (χ1) is 11.8. The molecule has 0 aliphatic carbocycles. The third-order valence-corrected chi connectivity index (χ3v) is 3.27. The van der Waals surface area contributed by atoms with Crippen LogP contribution in [0.2, 0.25) is 0 Å². The maximum Gasteiger partial charge on any atom is 0.141 e. The van der Waals surface area contributed by atoms with Crippen molar-refractivity contribution >= 4 is 6.21 Å². The average Bonchev–Trinajstić information content (AvgIpc) is 3.13. The molecule has 1 heterocycles. The molecule has 0 aliphatic heterocycles. The van der Waals surface area contributed by atoms with Gasteiger partial charge < -0.3 is 9.47 Å². The molecule has 0 saturated heterocycles. The number of aromatic nitrogens is 3. The Labute approximate surface area is 140 Å². The van der Waals surface area contributed by atoms with Crippen molar-refractivity contribution in [3.05, 3.63) is 72.3 Å². The predicted octanol–water partition coefficient (Wildman–Crippen LogP) is 2.93. The molecule has 0 spiro atoms. The monoisotopic (exact) mass is 322 g/mol. The molecule has 1 aromatic heterocycles. The zero-order chi connectivity index (χ0) is 16.6. The molecule has 3 aromatic rings. The Morgan fingerprint density at radius 1 is 0.875 bits per heavy atom. The molecule has 6 heteroatoms. The van der Waals surface area contributed by atoms with Crippen LogP contribution in [0.4, 0.5) is 0 Å². The fraction of sp³-hybridized carbons (Fsp3) is 0.167. The Balaban J connectivity index is 1.43. The van der Waals surface area contributed by atoms with Gasteiger partial charge in [-0.1, -0.05) is 17.7 Å². The molecule has 24 heavy (non-hydrogen) atoms. The van der Waals surface area contributed by atoms with Gasteiger partial charge in [0.2, 0.25) is 0 Å². The lowest BCUT2D eigenvalue weighted by atomic mass is 10.2. The second-order valence-electron chi connectivity index (χ2n) is 5.17. The van der Waals surface area contributed by atoms with Gasteiger partial charge in [-0.05, 0) is 48.9 Å². The molecule has 0 amide bonds. The minimum Gasteiger partial charge on any atom is -0.490 e. The summed E-state index contributed by atoms with van der Waals surface area (Å²) in [7, 11) is 0. The van der Waals surface area contributed by atoms with Crippen molar-refractivity contribution in [3.63, 3.8) is 0 Å². The van der Waals surface area contributed by atoms with E-state index in [1.54, 1.807) is 6.21 Å². The van der Waals surface area contributed by atoms with Crippen molar-refractivity contribution in [1.29, 1.82) is 0 Å². The van der Waals surface area contributed by atoms with Crippen molar-refractivity contribution in [2.75, 3.05) is 13.2 Å². The maximum absolute atomic E-state index is 5.66. The Morgan fingerprint density at radius 3 is 2.00 bits per heavy atom. The van der Waals surface area contributed by atoms with E-state index >= 15 is 0 Å². The average molecular weight is 322 g/mol. The molecule has 6 nitrogen and oxygen atoms in total. The molecule has 3 rings (SSSR count). The van der Waals surface area contributed by atoms with Crippen LogP contribution in [0.1, 0.15) is 11.1 Å². The Bertz CT molecular complexity index is 766. The first kappa shape index (κ1) is 15.7. The number of hydrogen-bond donors (Lipinski definition) is 0. The summed E-state index contributed by atoms with van der Waals surface area (Å²) < 4.78 is 12.8. The van der Waals surface area contributed by atoms with Gasteiger partial charge in [-0.2, -0.15) is 5.10 Å². The van der Waals surface area contributed by atoms with E-state index in [9.17, 15) is 0 Å². The number of nitrogens with zero attached hydrogens (tertiary/aromatic N) is 4. The fourth-order valence-corrected chi connectivity index (χ4v) is 1.99. The summed E-state index contributed by atoms with van der Waals surface area (Å²) in [5, 5.41) is 11.6. The Morgan fingerprint density at radius 2 is 1.42 bits per heavy atom. The summed E-state index contributed by atoms with van der Waals surface area (Å²) in [5.41, 5.74) is 2.18. The number of aryl methyl sites for hydroxylation is 1. The summed E-state index contributed by atoms with van der Waals surface area (Å²) in [6.07, 6.45) is 4.79. The minimum absolute atomic E-state index is 0.488. The molecule has 0 fully saturated rings. The summed E-state index contributed by atoms with van der Waals surface area (Å²) in [4.78, 5) is 0. The van der Waals surface area contributed by atoms with Gasteiger partial charge in [-0.3, -0.25) is 0 Å². The maximum atomic E-state index is 5.66. The van der Waals surface area contributed by atoms with Crippen LogP contribution in [-0.2, 0) is 0 Å². The largest absolute Gasteiger partial charge is 0.490 e. The highest BCUT2D eigenvalue weighted by atomic mass is 16.5. The fourth-order valence-electron chi connectivity index (χ4n) is 1.99. The van der Waals surface area contributed by atoms with Crippen molar-refractivity contribution in [1.82, 2.24) is 14.9 Å². The molecule has 122 valence electrons. The van der Waals surface area contributed by atoms with E-state index in [4.69, 9.17) is 9.47 Å². The lowest BCUT2D eigenvalue weighted by Crippen LogP contribution is -2.08. The predicted molar refractivity (Wildman–Crippen MR) is 91.6 cm³/mol. The van der Waals surface area contributed by atoms with Crippen molar-refractivity contribution in [2.24, 2.45) is 5.10 Å². The van der Waals surface area contributed by atoms with Crippen LogP contribution in [0.15, 0.2) is 66.3 Å². The zero-order valence-electron chi connectivity index (χ0n) is 13.4. The Kier molecular flexibility index (Phi) is 5.19. The van der Waals surface area contributed by atoms with Crippen LogP contribution in [0.3, 0.4) is 0 Å². The normalized spacial score (nSPS) is 10.9. The van der Waals surface area contributed by atoms with Gasteiger partial charge in [0.05, 0.1) is 6.21 Å². The van der Waals surface area contributed by atoms with E-state index < -0.39 is 0 Å². The van der Waals surface area contributed by atoms with E-state index in [1.807, 2.05) is 55.5 Å². The molecule has 0 N–H and O–H groups in total. The molecular formula is C18H18N4O2. The second-order valence-corrected chi connectivity index (χ2v) is 5.17. The highest BCUT2D eigenvalue weighted by molar-refractivity contribution is 5.79. The summed E-state index contributed by atoms with van der Waals surface area (Å²) in [5.74, 6) is 1.65. The summed E-state index contributed by atoms with van der Waals surface area (Å²) in [6.45, 7) is 3.04. The standard InChI is InChI=1S/C18H18N4O2/c1-15-2-6-17(7-3-15)23-10-11-24-18-8-4-16(5-9-18)12-21-22-13-19-20-14-22/h2-9,12-14H,10-11H2,1H3. The first-order valence-corrected chi connectivity index (χ1v) is 7.61. The van der Waals surface area contributed by atoms with Crippen molar-refractivity contribution < 1.29 is 9.47 Å². The van der Waals surface area contributed by atoms with E-state index in [0.717, 1.165) is 17.1 Å². The number of benzene rings is 2. The number of rotatable bonds is 7. The van der Waals surface area contributed by atoms with Crippen LogP contribution < -0.4 is 9.47 Å². The van der Waals surface area contributed by atoms with Crippen LogP contribution in [-0.4, -0.2) is 34.3 Å². The van der Waals surface area contributed by atoms with Gasteiger partial charge in [-0.15, -0.1) is 10.2 Å². The smallest absolute Gasteiger partial charge is 0.141 e. The van der Waals surface area contributed by atoms with E-state index in [0.29, 0.717) is 13.2 Å². The van der Waals surface area contributed by atoms with E-state index in [-0.39, 0.29) is 0 Å². The highest BCUT2D eigenvalue weighted by Crippen LogP contribution is 2.13. The second kappa shape index (κ2) is 7.92. The summed E-state index contributed by atoms with van der Waals surface area (Å²) in [6, 6.07) is 15.6. The molecular weight excluding hydrogens is 304 g/mol. The third kappa shape index (κ3) is 4.67. The molecule has 0 saturated carbocycles. The van der Waals surface area contributed by atoms with Crippen molar-refractivity contribution in [2.45, 2.75) is 6.92 Å². The van der Waals surface area contributed by atoms with Crippen LogP contribution in [0.5, 0.6) is 11.5 Å². The topological polar surface area (TPSA) is 61.5 Å². The van der Waals surface area contributed by atoms with Gasteiger partial charge in [0.25, 0.3) is 0 Å². The van der Waals surface area contributed by atoms with Gasteiger partial charge in [0.15, 0.2) is 0 Å². The Hall–Kier alpha value is -3.15. The van der Waals surface area contributed by atoms with Gasteiger partial charge in [0.1, 0.15) is 37.4 Å². The molecule has 0 bridgehead atoms. The lowest BCUT2D eigenvalue weighted by molar-refractivity contribution is 0.217. The van der Waals surface area contributed by atoms with E-state index in [1.165, 1.54) is 22.9 Å². The van der Waals surface area contributed by atoms with E-state index in [2.05, 4.69) is 15.3 Å². The summed E-state index contributed by atoms with van der Waals surface area (Å²) >= 11 is 0. The van der Waals surface area contributed by atoms with Gasteiger partial charge in [-0.25, -0.2) is 4.68 Å². The number of ether oxygens (including phenoxy) is 2. The van der Waals surface area contributed by atoms with Crippen LogP contribution in [0, 0.1) is 6.92 Å². The number of hydrogen-bond acceptors (Lipinski definition) is 5. The van der Waals surface area contributed by atoms with Crippen LogP contribution in [0.25, 0.3) is 0 Å². The van der Waals surface area contributed by atoms with Crippen LogP contribution >= 0.6 is 0 Å². The van der Waals surface area contributed by atoms with Gasteiger partial charge in [0, 0.05) is 0 Å². The lowest BCUT2D eigenvalue weighted by Gasteiger charge is -2.08. The molecule has 0 unspecified atom stereocenters. The highest BCUT2D eigenvalue weighted by Gasteiger charge is 1.96.